The molecule has 0 fully saturated rings. The molecule has 0 saturated heterocycles. The van der Waals surface area contributed by atoms with Crippen LogP contribution in [0.15, 0.2) is 18.2 Å². The molecule has 1 aromatic rings. The van der Waals surface area contributed by atoms with Crippen molar-refractivity contribution in [1.29, 1.82) is 0 Å². The zero-order chi connectivity index (χ0) is 12.2. The van der Waals surface area contributed by atoms with Gasteiger partial charge >= 0.3 is 6.36 Å². The normalized spacial score (nSPS) is 10.9. The molecule has 0 aromatic heterocycles. The third-order valence-corrected chi connectivity index (χ3v) is 2.08. The molecule has 1 nitrogen and oxygen atoms in total. The number of ether oxygens (including phenoxy) is 1. The number of halogens is 4. The van der Waals surface area contributed by atoms with Crippen molar-refractivity contribution >= 4 is 11.6 Å². The predicted molar refractivity (Wildman–Crippen MR) is 55.3 cm³/mol. The second-order valence-electron chi connectivity index (χ2n) is 3.02. The fourth-order valence-corrected chi connectivity index (χ4v) is 1.37. The minimum Gasteiger partial charge on any atom is -0.404 e. The molecule has 0 aliphatic heterocycles. The first-order chi connectivity index (χ1) is 7.42. The Bertz CT molecular complexity index is 407. The van der Waals surface area contributed by atoms with E-state index in [1.165, 1.54) is 18.2 Å². The Labute approximate surface area is 96.2 Å². The van der Waals surface area contributed by atoms with Gasteiger partial charge in [0.25, 0.3) is 0 Å². The van der Waals surface area contributed by atoms with E-state index in [0.29, 0.717) is 12.8 Å². The van der Waals surface area contributed by atoms with Crippen molar-refractivity contribution in [2.75, 3.05) is 0 Å². The summed E-state index contributed by atoms with van der Waals surface area (Å²) >= 11 is 5.64. The molecule has 1 aromatic carbocycles. The minimum absolute atomic E-state index is 0.0770. The van der Waals surface area contributed by atoms with Crippen LogP contribution in [0.4, 0.5) is 13.2 Å². The largest absolute Gasteiger partial charge is 0.573 e. The number of rotatable bonds is 3. The minimum atomic E-state index is -4.73. The van der Waals surface area contributed by atoms with Crippen LogP contribution < -0.4 is 4.74 Å². The average Bonchev–Trinajstić information content (AvgIpc) is 2.17. The van der Waals surface area contributed by atoms with Crippen LogP contribution in [0.3, 0.4) is 0 Å². The lowest BCUT2D eigenvalue weighted by Crippen LogP contribution is -2.17. The monoisotopic (exact) mass is 248 g/mol. The maximum absolute atomic E-state index is 11.9. The lowest BCUT2D eigenvalue weighted by Gasteiger charge is -2.10. The Morgan fingerprint density at radius 1 is 1.38 bits per heavy atom. The van der Waals surface area contributed by atoms with Crippen LogP contribution in [0.2, 0.25) is 5.02 Å². The van der Waals surface area contributed by atoms with Gasteiger partial charge in [-0.3, -0.25) is 0 Å². The van der Waals surface area contributed by atoms with E-state index in [9.17, 15) is 13.2 Å². The molecule has 0 N–H and O–H groups in total. The van der Waals surface area contributed by atoms with Crippen LogP contribution >= 0.6 is 11.6 Å². The van der Waals surface area contributed by atoms with Crippen molar-refractivity contribution in [2.45, 2.75) is 19.2 Å². The Morgan fingerprint density at radius 2 is 2.06 bits per heavy atom. The van der Waals surface area contributed by atoms with Gasteiger partial charge in [0.15, 0.2) is 0 Å². The van der Waals surface area contributed by atoms with E-state index >= 15 is 0 Å². The molecule has 0 spiro atoms. The fraction of sp³-hybridized carbons (Fsp3) is 0.273. The van der Waals surface area contributed by atoms with Gasteiger partial charge in [-0.15, -0.1) is 25.5 Å². The predicted octanol–water partition coefficient (Wildman–Crippen LogP) is 3.80. The molecule has 0 bridgehead atoms. The van der Waals surface area contributed by atoms with Crippen LogP contribution in [-0.2, 0) is 6.42 Å². The highest BCUT2D eigenvalue weighted by Crippen LogP contribution is 2.30. The molecule has 0 radical (unpaired) electrons. The van der Waals surface area contributed by atoms with E-state index in [2.05, 4.69) is 10.7 Å². The summed E-state index contributed by atoms with van der Waals surface area (Å²) in [4.78, 5) is 0. The number of hydrogen-bond donors (Lipinski definition) is 0. The topological polar surface area (TPSA) is 9.23 Å². The average molecular weight is 249 g/mol. The highest BCUT2D eigenvalue weighted by molar-refractivity contribution is 6.32. The maximum Gasteiger partial charge on any atom is 0.573 e. The van der Waals surface area contributed by atoms with Crippen LogP contribution in [-0.4, -0.2) is 6.36 Å². The first-order valence-electron chi connectivity index (χ1n) is 4.40. The molecule has 86 valence electrons. The molecule has 0 heterocycles. The lowest BCUT2D eigenvalue weighted by atomic mass is 10.1. The summed E-state index contributed by atoms with van der Waals surface area (Å²) < 4.78 is 39.5. The Balaban J connectivity index is 2.80. The summed E-state index contributed by atoms with van der Waals surface area (Å²) in [5, 5.41) is -0.0770. The summed E-state index contributed by atoms with van der Waals surface area (Å²) in [6, 6.07) is 4.10. The second kappa shape index (κ2) is 5.13. The van der Waals surface area contributed by atoms with E-state index < -0.39 is 12.1 Å². The number of hydrogen-bond acceptors (Lipinski definition) is 1. The smallest absolute Gasteiger partial charge is 0.404 e. The fourth-order valence-electron chi connectivity index (χ4n) is 1.12. The van der Waals surface area contributed by atoms with Crippen molar-refractivity contribution in [1.82, 2.24) is 0 Å². The zero-order valence-electron chi connectivity index (χ0n) is 8.14. The first-order valence-corrected chi connectivity index (χ1v) is 4.78. The third kappa shape index (κ3) is 4.03. The molecule has 0 saturated carbocycles. The van der Waals surface area contributed by atoms with Crippen molar-refractivity contribution in [3.63, 3.8) is 0 Å². The van der Waals surface area contributed by atoms with Gasteiger partial charge in [-0.1, -0.05) is 17.7 Å². The molecular formula is C11H8ClF3O. The molecule has 0 unspecified atom stereocenters. The summed E-state index contributed by atoms with van der Waals surface area (Å²) in [5.74, 6) is 2.03. The summed E-state index contributed by atoms with van der Waals surface area (Å²) in [7, 11) is 0. The van der Waals surface area contributed by atoms with Crippen molar-refractivity contribution in [3.8, 4) is 18.1 Å². The van der Waals surface area contributed by atoms with Gasteiger partial charge < -0.3 is 4.74 Å². The number of terminal acetylenes is 1. The number of benzene rings is 1. The Kier molecular flexibility index (Phi) is 4.08. The standard InChI is InChI=1S/C11H8ClF3O/c1-2-3-4-8-5-6-10(9(12)7-8)16-11(13,14)15/h1,5-7H,3-4H2. The number of aryl methyl sites for hydroxylation is 1. The van der Waals surface area contributed by atoms with Crippen molar-refractivity contribution < 1.29 is 17.9 Å². The molecular weight excluding hydrogens is 241 g/mol. The van der Waals surface area contributed by atoms with Crippen LogP contribution in [0.25, 0.3) is 0 Å². The highest BCUT2D eigenvalue weighted by Gasteiger charge is 2.31. The molecule has 0 aliphatic rings. The van der Waals surface area contributed by atoms with E-state index in [-0.39, 0.29) is 5.02 Å². The molecule has 0 aliphatic carbocycles. The van der Waals surface area contributed by atoms with Gasteiger partial charge in [-0.05, 0) is 24.1 Å². The van der Waals surface area contributed by atoms with Gasteiger partial charge in [-0.25, -0.2) is 0 Å². The molecule has 0 amide bonds. The van der Waals surface area contributed by atoms with Crippen molar-refractivity contribution in [3.05, 3.63) is 28.8 Å². The highest BCUT2D eigenvalue weighted by atomic mass is 35.5. The number of alkyl halides is 3. The van der Waals surface area contributed by atoms with Crippen molar-refractivity contribution in [2.24, 2.45) is 0 Å². The molecule has 1 rings (SSSR count). The zero-order valence-corrected chi connectivity index (χ0v) is 8.90. The third-order valence-electron chi connectivity index (χ3n) is 1.78. The van der Waals surface area contributed by atoms with Gasteiger partial charge in [0.05, 0.1) is 5.02 Å². The van der Waals surface area contributed by atoms with E-state index in [4.69, 9.17) is 18.0 Å². The van der Waals surface area contributed by atoms with Gasteiger partial charge in [0, 0.05) is 6.42 Å². The summed E-state index contributed by atoms with van der Waals surface area (Å²) in [6.07, 6.45) is 1.42. The van der Waals surface area contributed by atoms with Gasteiger partial charge in [0.1, 0.15) is 5.75 Å². The Morgan fingerprint density at radius 3 is 2.56 bits per heavy atom. The molecule has 16 heavy (non-hydrogen) atoms. The lowest BCUT2D eigenvalue weighted by molar-refractivity contribution is -0.274. The van der Waals surface area contributed by atoms with E-state index in [1.807, 2.05) is 0 Å². The second-order valence-corrected chi connectivity index (χ2v) is 3.42. The van der Waals surface area contributed by atoms with Crippen LogP contribution in [0.5, 0.6) is 5.75 Å². The van der Waals surface area contributed by atoms with Gasteiger partial charge in [0.2, 0.25) is 0 Å². The molecule has 5 heteroatoms. The summed E-state index contributed by atoms with van der Waals surface area (Å²) in [5.41, 5.74) is 0.775. The quantitative estimate of drug-likeness (QED) is 0.739. The maximum atomic E-state index is 11.9. The summed E-state index contributed by atoms with van der Waals surface area (Å²) in [6.45, 7) is 0. The van der Waals surface area contributed by atoms with E-state index in [1.54, 1.807) is 0 Å². The Hall–Kier alpha value is -1.34. The first kappa shape index (κ1) is 12.7. The van der Waals surface area contributed by atoms with Crippen LogP contribution in [0, 0.1) is 12.3 Å². The van der Waals surface area contributed by atoms with Gasteiger partial charge in [-0.2, -0.15) is 0 Å². The molecule has 0 atom stereocenters. The van der Waals surface area contributed by atoms with E-state index in [0.717, 1.165) is 5.56 Å². The SMILES string of the molecule is C#CCCc1ccc(OC(F)(F)F)c(Cl)c1. The van der Waals surface area contributed by atoms with Crippen LogP contribution in [0.1, 0.15) is 12.0 Å².